The summed E-state index contributed by atoms with van der Waals surface area (Å²) in [6.07, 6.45) is 2.99. The molecule has 0 saturated carbocycles. The summed E-state index contributed by atoms with van der Waals surface area (Å²) in [5.41, 5.74) is 1.94. The number of fused-ring (bicyclic) bond motifs is 1. The van der Waals surface area contributed by atoms with Gasteiger partial charge in [-0.1, -0.05) is 5.16 Å². The number of oxime groups is 1. The highest BCUT2D eigenvalue weighted by molar-refractivity contribution is 7.89. The number of aryl methyl sites for hydroxylation is 1. The van der Waals surface area contributed by atoms with E-state index in [9.17, 15) is 18.0 Å². The van der Waals surface area contributed by atoms with Crippen LogP contribution in [0.25, 0.3) is 0 Å². The number of hydrogen-bond acceptors (Lipinski definition) is 6. The van der Waals surface area contributed by atoms with Gasteiger partial charge in [0.05, 0.1) is 5.69 Å². The van der Waals surface area contributed by atoms with E-state index in [1.807, 2.05) is 16.7 Å². The van der Waals surface area contributed by atoms with Crippen molar-refractivity contribution in [3.63, 3.8) is 0 Å². The second-order valence-corrected chi connectivity index (χ2v) is 10.0. The van der Waals surface area contributed by atoms with Gasteiger partial charge in [0.1, 0.15) is 16.4 Å². The van der Waals surface area contributed by atoms with Gasteiger partial charge in [0.25, 0.3) is 0 Å². The number of rotatable bonds is 5. The number of benzene rings is 1. The quantitative estimate of drug-likeness (QED) is 0.558. The normalized spacial score (nSPS) is 21.2. The largest absolute Gasteiger partial charge is 0.411 e. The van der Waals surface area contributed by atoms with Crippen molar-refractivity contribution in [3.8, 4) is 0 Å². The first-order valence-corrected chi connectivity index (χ1v) is 11.9. The highest BCUT2D eigenvalue weighted by Gasteiger charge is 2.32. The van der Waals surface area contributed by atoms with Gasteiger partial charge >= 0.3 is 0 Å². The lowest BCUT2D eigenvalue weighted by Crippen LogP contribution is -2.46. The molecule has 2 aliphatic heterocycles. The van der Waals surface area contributed by atoms with Crippen molar-refractivity contribution in [3.05, 3.63) is 48.0 Å². The van der Waals surface area contributed by atoms with Gasteiger partial charge in [0.15, 0.2) is 0 Å². The van der Waals surface area contributed by atoms with Crippen LogP contribution in [0.15, 0.2) is 46.6 Å². The molecule has 3 heterocycles. The van der Waals surface area contributed by atoms with Gasteiger partial charge in [-0.25, -0.2) is 17.1 Å². The first-order valence-electron chi connectivity index (χ1n) is 10.5. The predicted octanol–water partition coefficient (Wildman–Crippen LogP) is 2.04. The first kappa shape index (κ1) is 21.8. The Kier molecular flexibility index (Phi) is 6.31. The van der Waals surface area contributed by atoms with Crippen LogP contribution in [0.2, 0.25) is 0 Å². The summed E-state index contributed by atoms with van der Waals surface area (Å²) in [4.78, 5) is 4.84. The predicted molar refractivity (Wildman–Crippen MR) is 117 cm³/mol. The molecular weight excluding hydrogens is 421 g/mol. The first-order chi connectivity index (χ1) is 14.9. The molecule has 0 unspecified atom stereocenters. The Morgan fingerprint density at radius 3 is 2.42 bits per heavy atom. The molecule has 1 fully saturated rings. The molecule has 0 bridgehead atoms. The lowest BCUT2D eigenvalue weighted by atomic mass is 10.2. The summed E-state index contributed by atoms with van der Waals surface area (Å²) >= 11 is 0. The molecule has 31 heavy (non-hydrogen) atoms. The Hall–Kier alpha value is -2.43. The average molecular weight is 450 g/mol. The third-order valence-corrected chi connectivity index (χ3v) is 8.00. The standard InChI is InChI=1S/C21H28FN5O3S/c1-24-11-7-19(23-28)21-20(31(24,29)30)8-12-27(21)10-2-9-25-13-15-26(16-14-25)18-5-3-17(22)4-6-18/h3-6,8,12,28H,2,7,9-11,13-16H2,1H3/b23-19+. The van der Waals surface area contributed by atoms with Crippen LogP contribution in [0.5, 0.6) is 0 Å². The minimum atomic E-state index is -3.58. The Labute approximate surface area is 182 Å². The van der Waals surface area contributed by atoms with Crippen LogP contribution < -0.4 is 4.90 Å². The number of anilines is 1. The molecule has 2 aliphatic rings. The minimum absolute atomic E-state index is 0.202. The molecule has 2 aromatic rings. The lowest BCUT2D eigenvalue weighted by Gasteiger charge is -2.36. The van der Waals surface area contributed by atoms with E-state index in [0.717, 1.165) is 44.8 Å². The van der Waals surface area contributed by atoms with Crippen molar-refractivity contribution in [2.24, 2.45) is 5.16 Å². The van der Waals surface area contributed by atoms with Gasteiger partial charge in [0, 0.05) is 64.6 Å². The van der Waals surface area contributed by atoms with E-state index in [4.69, 9.17) is 0 Å². The number of sulfonamides is 1. The maximum Gasteiger partial charge on any atom is 0.245 e. The highest BCUT2D eigenvalue weighted by atomic mass is 32.2. The number of aromatic nitrogens is 1. The van der Waals surface area contributed by atoms with Crippen molar-refractivity contribution in [1.82, 2.24) is 13.8 Å². The fraction of sp³-hybridized carbons (Fsp3) is 0.476. The molecule has 8 nitrogen and oxygen atoms in total. The number of hydrogen-bond donors (Lipinski definition) is 1. The summed E-state index contributed by atoms with van der Waals surface area (Å²) in [5.74, 6) is -0.223. The summed E-state index contributed by atoms with van der Waals surface area (Å²) in [6.45, 7) is 5.43. The third-order valence-electron chi connectivity index (χ3n) is 6.11. The van der Waals surface area contributed by atoms with Crippen molar-refractivity contribution in [1.29, 1.82) is 0 Å². The molecule has 10 heteroatoms. The van der Waals surface area contributed by atoms with E-state index < -0.39 is 10.0 Å². The van der Waals surface area contributed by atoms with Crippen LogP contribution in [0.4, 0.5) is 10.1 Å². The third kappa shape index (κ3) is 4.46. The van der Waals surface area contributed by atoms with E-state index in [1.165, 1.54) is 16.4 Å². The van der Waals surface area contributed by atoms with Gasteiger partial charge < -0.3 is 14.7 Å². The molecule has 1 N–H and O–H groups in total. The molecule has 1 aromatic carbocycles. The molecule has 0 radical (unpaired) electrons. The zero-order chi connectivity index (χ0) is 22.0. The van der Waals surface area contributed by atoms with Crippen LogP contribution >= 0.6 is 0 Å². The molecule has 1 saturated heterocycles. The molecule has 0 spiro atoms. The second kappa shape index (κ2) is 8.97. The molecular formula is C21H28FN5O3S. The Bertz CT molecular complexity index is 1040. The second-order valence-electron chi connectivity index (χ2n) is 8.00. The van der Waals surface area contributed by atoms with Crippen LogP contribution in [-0.4, -0.2) is 79.4 Å². The maximum atomic E-state index is 13.1. The Balaban J connectivity index is 1.36. The van der Waals surface area contributed by atoms with Crippen molar-refractivity contribution >= 4 is 21.4 Å². The minimum Gasteiger partial charge on any atom is -0.411 e. The van der Waals surface area contributed by atoms with Gasteiger partial charge in [0.2, 0.25) is 10.0 Å². The molecule has 4 rings (SSSR count). The van der Waals surface area contributed by atoms with Gasteiger partial charge in [-0.15, -0.1) is 0 Å². The van der Waals surface area contributed by atoms with Crippen LogP contribution in [-0.2, 0) is 16.6 Å². The van der Waals surface area contributed by atoms with E-state index >= 15 is 0 Å². The average Bonchev–Trinajstić information content (AvgIpc) is 3.16. The fourth-order valence-corrected chi connectivity index (χ4v) is 5.65. The van der Waals surface area contributed by atoms with Gasteiger partial charge in [-0.05, 0) is 43.3 Å². The summed E-state index contributed by atoms with van der Waals surface area (Å²) in [5, 5.41) is 12.8. The smallest absolute Gasteiger partial charge is 0.245 e. The molecule has 0 amide bonds. The maximum absolute atomic E-state index is 13.1. The summed E-state index contributed by atoms with van der Waals surface area (Å²) in [7, 11) is -2.03. The van der Waals surface area contributed by atoms with Crippen molar-refractivity contribution < 1.29 is 18.0 Å². The molecule has 168 valence electrons. The Morgan fingerprint density at radius 1 is 1.03 bits per heavy atom. The molecule has 1 aromatic heterocycles. The Morgan fingerprint density at radius 2 is 1.74 bits per heavy atom. The topological polar surface area (TPSA) is 81.4 Å². The highest BCUT2D eigenvalue weighted by Crippen LogP contribution is 2.26. The van der Waals surface area contributed by atoms with Gasteiger partial charge in [-0.3, -0.25) is 4.90 Å². The molecule has 0 aliphatic carbocycles. The molecule has 0 atom stereocenters. The summed E-state index contributed by atoms with van der Waals surface area (Å²) in [6, 6.07) is 8.20. The monoisotopic (exact) mass is 449 g/mol. The fourth-order valence-electron chi connectivity index (χ4n) is 4.27. The summed E-state index contributed by atoms with van der Waals surface area (Å²) < 4.78 is 41.8. The van der Waals surface area contributed by atoms with E-state index in [0.29, 0.717) is 24.4 Å². The van der Waals surface area contributed by atoms with E-state index in [-0.39, 0.29) is 17.3 Å². The van der Waals surface area contributed by atoms with Crippen molar-refractivity contribution in [2.75, 3.05) is 51.2 Å². The zero-order valence-corrected chi connectivity index (χ0v) is 18.4. The SMILES string of the molecule is CN1CC/C(=N\O)c2c(ccn2CCCN2CCN(c3ccc(F)cc3)CC2)S1(=O)=O. The van der Waals surface area contributed by atoms with Crippen LogP contribution in [0.1, 0.15) is 18.5 Å². The zero-order valence-electron chi connectivity index (χ0n) is 17.6. The van der Waals surface area contributed by atoms with Crippen LogP contribution in [0.3, 0.4) is 0 Å². The van der Waals surface area contributed by atoms with E-state index in [2.05, 4.69) is 15.0 Å². The number of halogens is 1. The van der Waals surface area contributed by atoms with Crippen LogP contribution in [0, 0.1) is 5.82 Å². The van der Waals surface area contributed by atoms with Gasteiger partial charge in [-0.2, -0.15) is 0 Å². The van der Waals surface area contributed by atoms with Crippen molar-refractivity contribution in [2.45, 2.75) is 24.3 Å². The lowest BCUT2D eigenvalue weighted by molar-refractivity contribution is 0.250. The van der Waals surface area contributed by atoms with E-state index in [1.54, 1.807) is 19.3 Å². The number of piperazine rings is 1. The number of nitrogens with zero attached hydrogens (tertiary/aromatic N) is 5.